The predicted octanol–water partition coefficient (Wildman–Crippen LogP) is 3.13. The van der Waals surface area contributed by atoms with E-state index in [0.29, 0.717) is 25.6 Å². The minimum atomic E-state index is -4.31. The van der Waals surface area contributed by atoms with Crippen LogP contribution in [-0.2, 0) is 6.18 Å². The molecule has 0 radical (unpaired) electrons. The number of nitrogens with zero attached hydrogens (tertiary/aromatic N) is 1. The summed E-state index contributed by atoms with van der Waals surface area (Å²) in [4.78, 5) is 1.82. The first-order valence-corrected chi connectivity index (χ1v) is 6.54. The Labute approximate surface area is 111 Å². The van der Waals surface area contributed by atoms with E-state index >= 15 is 0 Å². The summed E-state index contributed by atoms with van der Waals surface area (Å²) in [5, 5.41) is 0. The van der Waals surface area contributed by atoms with Crippen molar-refractivity contribution >= 4 is 5.69 Å². The fourth-order valence-corrected chi connectivity index (χ4v) is 2.66. The standard InChI is InChI=1S/C14H19F3N2/c1-10-6-7-19(9-11(10)8-18)13-5-3-2-4-12(13)14(15,16)17/h2-5,10-11H,6-9,18H2,1H3. The van der Waals surface area contributed by atoms with Gasteiger partial charge in [0, 0.05) is 18.8 Å². The van der Waals surface area contributed by atoms with Crippen LogP contribution in [0.15, 0.2) is 24.3 Å². The molecule has 5 heteroatoms. The number of rotatable bonds is 2. The van der Waals surface area contributed by atoms with E-state index < -0.39 is 11.7 Å². The van der Waals surface area contributed by atoms with Gasteiger partial charge in [0.05, 0.1) is 5.56 Å². The Balaban J connectivity index is 2.27. The monoisotopic (exact) mass is 272 g/mol. The Morgan fingerprint density at radius 3 is 2.63 bits per heavy atom. The number of hydrogen-bond acceptors (Lipinski definition) is 2. The van der Waals surface area contributed by atoms with Gasteiger partial charge in [-0.3, -0.25) is 0 Å². The predicted molar refractivity (Wildman–Crippen MR) is 70.0 cm³/mol. The molecule has 2 nitrogen and oxygen atoms in total. The van der Waals surface area contributed by atoms with Crippen LogP contribution in [0.25, 0.3) is 0 Å². The van der Waals surface area contributed by atoms with E-state index in [-0.39, 0.29) is 11.6 Å². The summed E-state index contributed by atoms with van der Waals surface area (Å²) in [5.74, 6) is 0.731. The number of hydrogen-bond donors (Lipinski definition) is 1. The molecule has 106 valence electrons. The van der Waals surface area contributed by atoms with Crippen molar-refractivity contribution in [2.24, 2.45) is 17.6 Å². The lowest BCUT2D eigenvalue weighted by Gasteiger charge is -2.39. The van der Waals surface area contributed by atoms with Crippen molar-refractivity contribution < 1.29 is 13.2 Å². The topological polar surface area (TPSA) is 29.3 Å². The van der Waals surface area contributed by atoms with E-state index in [0.717, 1.165) is 12.5 Å². The van der Waals surface area contributed by atoms with Gasteiger partial charge in [0.15, 0.2) is 0 Å². The Kier molecular flexibility index (Phi) is 4.04. The summed E-state index contributed by atoms with van der Waals surface area (Å²) in [6.07, 6.45) is -3.42. The molecule has 0 bridgehead atoms. The van der Waals surface area contributed by atoms with E-state index in [1.165, 1.54) is 6.07 Å². The minimum Gasteiger partial charge on any atom is -0.371 e. The zero-order chi connectivity index (χ0) is 14.0. The molecule has 2 rings (SSSR count). The third-order valence-corrected chi connectivity index (χ3v) is 3.97. The summed E-state index contributed by atoms with van der Waals surface area (Å²) in [5.41, 5.74) is 5.43. The molecular weight excluding hydrogens is 253 g/mol. The number of halogens is 3. The van der Waals surface area contributed by atoms with E-state index in [2.05, 4.69) is 6.92 Å². The molecule has 1 aliphatic rings. The average molecular weight is 272 g/mol. The highest BCUT2D eigenvalue weighted by Gasteiger charge is 2.36. The summed E-state index contributed by atoms with van der Waals surface area (Å²) >= 11 is 0. The van der Waals surface area contributed by atoms with Crippen molar-refractivity contribution in [3.63, 3.8) is 0 Å². The molecule has 0 spiro atoms. The van der Waals surface area contributed by atoms with Crippen LogP contribution in [-0.4, -0.2) is 19.6 Å². The van der Waals surface area contributed by atoms with Gasteiger partial charge in [-0.25, -0.2) is 0 Å². The fraction of sp³-hybridized carbons (Fsp3) is 0.571. The van der Waals surface area contributed by atoms with Crippen molar-refractivity contribution in [1.29, 1.82) is 0 Å². The average Bonchev–Trinajstić information content (AvgIpc) is 2.38. The van der Waals surface area contributed by atoms with Crippen LogP contribution in [0, 0.1) is 11.8 Å². The number of alkyl halides is 3. The molecule has 0 saturated carbocycles. The van der Waals surface area contributed by atoms with Gasteiger partial charge in [-0.1, -0.05) is 19.1 Å². The third-order valence-electron chi connectivity index (χ3n) is 3.97. The van der Waals surface area contributed by atoms with Gasteiger partial charge in [0.25, 0.3) is 0 Å². The maximum atomic E-state index is 13.0. The molecule has 19 heavy (non-hydrogen) atoms. The smallest absolute Gasteiger partial charge is 0.371 e. The van der Waals surface area contributed by atoms with Crippen LogP contribution >= 0.6 is 0 Å². The number of piperidine rings is 1. The minimum absolute atomic E-state index is 0.259. The maximum absolute atomic E-state index is 13.0. The second kappa shape index (κ2) is 5.41. The van der Waals surface area contributed by atoms with Gasteiger partial charge in [0.1, 0.15) is 0 Å². The Morgan fingerprint density at radius 1 is 1.32 bits per heavy atom. The van der Waals surface area contributed by atoms with Crippen molar-refractivity contribution in [1.82, 2.24) is 0 Å². The van der Waals surface area contributed by atoms with Crippen LogP contribution < -0.4 is 10.6 Å². The Bertz CT molecular complexity index is 431. The van der Waals surface area contributed by atoms with Gasteiger partial charge in [-0.15, -0.1) is 0 Å². The van der Waals surface area contributed by atoms with Gasteiger partial charge >= 0.3 is 6.18 Å². The first-order valence-electron chi connectivity index (χ1n) is 6.54. The van der Waals surface area contributed by atoms with Gasteiger partial charge < -0.3 is 10.6 Å². The van der Waals surface area contributed by atoms with Crippen LogP contribution in [0.3, 0.4) is 0 Å². The van der Waals surface area contributed by atoms with Crippen LogP contribution in [0.2, 0.25) is 0 Å². The SMILES string of the molecule is CC1CCN(c2ccccc2C(F)(F)F)CC1CN. The zero-order valence-corrected chi connectivity index (χ0v) is 11.0. The molecule has 0 aromatic heterocycles. The third kappa shape index (κ3) is 3.03. The van der Waals surface area contributed by atoms with Gasteiger partial charge in [-0.05, 0) is 36.9 Å². The van der Waals surface area contributed by atoms with E-state index in [4.69, 9.17) is 5.73 Å². The normalized spacial score (nSPS) is 24.6. The summed E-state index contributed by atoms with van der Waals surface area (Å²) < 4.78 is 39.0. The lowest BCUT2D eigenvalue weighted by atomic mass is 9.86. The molecule has 1 fully saturated rings. The lowest BCUT2D eigenvalue weighted by Crippen LogP contribution is -2.43. The number of nitrogens with two attached hydrogens (primary N) is 1. The summed E-state index contributed by atoms with van der Waals surface area (Å²) in [6.45, 7) is 3.89. The molecule has 1 aromatic rings. The van der Waals surface area contributed by atoms with Crippen LogP contribution in [0.5, 0.6) is 0 Å². The number of anilines is 1. The quantitative estimate of drug-likeness (QED) is 0.896. The number of benzene rings is 1. The highest BCUT2D eigenvalue weighted by molar-refractivity contribution is 5.55. The molecule has 2 N–H and O–H groups in total. The molecule has 2 atom stereocenters. The first kappa shape index (κ1) is 14.2. The van der Waals surface area contributed by atoms with Crippen molar-refractivity contribution in [2.75, 3.05) is 24.5 Å². The molecule has 0 aliphatic carbocycles. The highest BCUT2D eigenvalue weighted by Crippen LogP contribution is 2.38. The molecule has 2 unspecified atom stereocenters. The Morgan fingerprint density at radius 2 is 2.00 bits per heavy atom. The lowest BCUT2D eigenvalue weighted by molar-refractivity contribution is -0.137. The number of para-hydroxylation sites is 1. The molecule has 1 saturated heterocycles. The first-order chi connectivity index (χ1) is 8.93. The maximum Gasteiger partial charge on any atom is 0.418 e. The van der Waals surface area contributed by atoms with Crippen molar-refractivity contribution in [3.8, 4) is 0 Å². The Hall–Kier alpha value is -1.23. The molecule has 1 aromatic carbocycles. The zero-order valence-electron chi connectivity index (χ0n) is 11.0. The summed E-state index contributed by atoms with van der Waals surface area (Å²) in [7, 11) is 0. The molecule has 1 aliphatic heterocycles. The van der Waals surface area contributed by atoms with Crippen molar-refractivity contribution in [2.45, 2.75) is 19.5 Å². The van der Waals surface area contributed by atoms with E-state index in [1.807, 2.05) is 4.90 Å². The van der Waals surface area contributed by atoms with Crippen molar-refractivity contribution in [3.05, 3.63) is 29.8 Å². The van der Waals surface area contributed by atoms with E-state index in [1.54, 1.807) is 12.1 Å². The fourth-order valence-electron chi connectivity index (χ4n) is 2.66. The highest BCUT2D eigenvalue weighted by atomic mass is 19.4. The van der Waals surface area contributed by atoms with E-state index in [9.17, 15) is 13.2 Å². The van der Waals surface area contributed by atoms with Gasteiger partial charge in [-0.2, -0.15) is 13.2 Å². The largest absolute Gasteiger partial charge is 0.418 e. The summed E-state index contributed by atoms with van der Waals surface area (Å²) in [6, 6.07) is 5.77. The van der Waals surface area contributed by atoms with Crippen LogP contribution in [0.1, 0.15) is 18.9 Å². The second-order valence-corrected chi connectivity index (χ2v) is 5.22. The second-order valence-electron chi connectivity index (χ2n) is 5.22. The molecule has 0 amide bonds. The molecule has 1 heterocycles. The van der Waals surface area contributed by atoms with Gasteiger partial charge in [0.2, 0.25) is 0 Å². The van der Waals surface area contributed by atoms with Crippen LogP contribution in [0.4, 0.5) is 18.9 Å². The molecular formula is C14H19F3N2.